The molecule has 0 saturated heterocycles. The molecule has 0 fully saturated rings. The summed E-state index contributed by atoms with van der Waals surface area (Å²) in [5.74, 6) is -2.37. The van der Waals surface area contributed by atoms with E-state index in [0.717, 1.165) is 18.2 Å². The van der Waals surface area contributed by atoms with Gasteiger partial charge in [0, 0.05) is 0 Å². The zero-order valence-corrected chi connectivity index (χ0v) is 12.0. The number of sulfonamides is 1. The van der Waals surface area contributed by atoms with Gasteiger partial charge < -0.3 is 0 Å². The summed E-state index contributed by atoms with van der Waals surface area (Å²) in [6, 6.07) is 6.70. The summed E-state index contributed by atoms with van der Waals surface area (Å²) in [7, 11) is -4.41. The first kappa shape index (κ1) is 15.0. The van der Waals surface area contributed by atoms with Crippen LogP contribution in [0.1, 0.15) is 0 Å². The maximum Gasteiger partial charge on any atom is 0.267 e. The molecule has 8 heteroatoms. The highest BCUT2D eigenvalue weighted by molar-refractivity contribution is 7.92. The van der Waals surface area contributed by atoms with E-state index < -0.39 is 26.6 Å². The molecule has 0 radical (unpaired) electrons. The molecule has 2 aromatic carbocycles. The lowest BCUT2D eigenvalue weighted by Gasteiger charge is -2.10. The maximum atomic E-state index is 13.5. The van der Waals surface area contributed by atoms with E-state index in [1.807, 2.05) is 4.72 Å². The van der Waals surface area contributed by atoms with Gasteiger partial charge in [-0.05, 0) is 30.3 Å². The molecule has 0 aliphatic carbocycles. The van der Waals surface area contributed by atoms with Crippen molar-refractivity contribution in [2.24, 2.45) is 0 Å². The Hall–Kier alpha value is -1.37. The molecule has 0 aromatic heterocycles. The van der Waals surface area contributed by atoms with Crippen LogP contribution in [0.2, 0.25) is 10.0 Å². The molecule has 3 nitrogen and oxygen atoms in total. The van der Waals surface area contributed by atoms with Crippen molar-refractivity contribution < 1.29 is 17.2 Å². The van der Waals surface area contributed by atoms with Gasteiger partial charge in [0.15, 0.2) is 4.90 Å². The lowest BCUT2D eigenvalue weighted by Crippen LogP contribution is -2.16. The van der Waals surface area contributed by atoms with E-state index in [1.54, 1.807) is 0 Å². The van der Waals surface area contributed by atoms with E-state index in [2.05, 4.69) is 0 Å². The average Bonchev–Trinajstić information content (AvgIpc) is 2.33. The van der Waals surface area contributed by atoms with Gasteiger partial charge in [-0.2, -0.15) is 0 Å². The summed E-state index contributed by atoms with van der Waals surface area (Å²) < 4.78 is 52.9. The smallest absolute Gasteiger partial charge is 0.267 e. The predicted octanol–water partition coefficient (Wildman–Crippen LogP) is 4.07. The Labute approximate surface area is 124 Å². The van der Waals surface area contributed by atoms with Gasteiger partial charge in [0.1, 0.15) is 11.6 Å². The summed E-state index contributed by atoms with van der Waals surface area (Å²) in [6.07, 6.45) is 0. The molecule has 0 aliphatic rings. The van der Waals surface area contributed by atoms with E-state index in [4.69, 9.17) is 23.2 Å². The zero-order valence-electron chi connectivity index (χ0n) is 9.70. The SMILES string of the molecule is O=S(=O)(Nc1ccc(Cl)c(Cl)c1)c1c(F)cccc1F. The fourth-order valence-electron chi connectivity index (χ4n) is 1.51. The largest absolute Gasteiger partial charge is 0.279 e. The van der Waals surface area contributed by atoms with Crippen LogP contribution in [0, 0.1) is 11.6 Å². The number of nitrogens with one attached hydrogen (secondary N) is 1. The average molecular weight is 338 g/mol. The van der Waals surface area contributed by atoms with Crippen molar-refractivity contribution in [1.29, 1.82) is 0 Å². The summed E-state index contributed by atoms with van der Waals surface area (Å²) >= 11 is 11.4. The monoisotopic (exact) mass is 337 g/mol. The zero-order chi connectivity index (χ0) is 14.9. The second-order valence-corrected chi connectivity index (χ2v) is 6.22. The van der Waals surface area contributed by atoms with Crippen LogP contribution in [0.3, 0.4) is 0 Å². The lowest BCUT2D eigenvalue weighted by molar-refractivity contribution is 0.521. The Morgan fingerprint density at radius 1 is 0.950 bits per heavy atom. The van der Waals surface area contributed by atoms with Gasteiger partial charge >= 0.3 is 0 Å². The Kier molecular flexibility index (Phi) is 4.17. The molecule has 0 aliphatic heterocycles. The van der Waals surface area contributed by atoms with Gasteiger partial charge in [-0.3, -0.25) is 4.72 Å². The molecule has 0 spiro atoms. The topological polar surface area (TPSA) is 46.2 Å². The number of anilines is 1. The van der Waals surface area contributed by atoms with Crippen LogP contribution in [-0.4, -0.2) is 8.42 Å². The van der Waals surface area contributed by atoms with Crippen LogP contribution < -0.4 is 4.72 Å². The number of halogens is 4. The van der Waals surface area contributed by atoms with Crippen molar-refractivity contribution in [2.45, 2.75) is 4.90 Å². The number of hydrogen-bond acceptors (Lipinski definition) is 2. The standard InChI is InChI=1S/C12H7Cl2F2NO2S/c13-8-5-4-7(6-9(8)14)17-20(18,19)12-10(15)2-1-3-11(12)16/h1-6,17H. The molecule has 0 heterocycles. The lowest BCUT2D eigenvalue weighted by atomic mass is 10.3. The van der Waals surface area contributed by atoms with Gasteiger partial charge in [-0.25, -0.2) is 17.2 Å². The second-order valence-electron chi connectivity index (χ2n) is 3.79. The Morgan fingerprint density at radius 3 is 2.10 bits per heavy atom. The molecule has 0 bridgehead atoms. The van der Waals surface area contributed by atoms with Gasteiger partial charge in [0.05, 0.1) is 15.7 Å². The van der Waals surface area contributed by atoms with Crippen LogP contribution in [0.5, 0.6) is 0 Å². The summed E-state index contributed by atoms with van der Waals surface area (Å²) in [5, 5.41) is 0.340. The van der Waals surface area contributed by atoms with Gasteiger partial charge in [-0.1, -0.05) is 29.3 Å². The first-order chi connectivity index (χ1) is 9.31. The first-order valence-corrected chi connectivity index (χ1v) is 7.47. The maximum absolute atomic E-state index is 13.5. The Balaban J connectivity index is 2.43. The Bertz CT molecular complexity index is 746. The third kappa shape index (κ3) is 3.03. The molecule has 106 valence electrons. The Morgan fingerprint density at radius 2 is 1.55 bits per heavy atom. The molecule has 0 amide bonds. The normalized spacial score (nSPS) is 11.4. The van der Waals surface area contributed by atoms with Crippen molar-refractivity contribution in [3.05, 3.63) is 58.1 Å². The van der Waals surface area contributed by atoms with Crippen LogP contribution in [-0.2, 0) is 10.0 Å². The minimum Gasteiger partial charge on any atom is -0.279 e. The molecule has 0 atom stereocenters. The highest BCUT2D eigenvalue weighted by Crippen LogP contribution is 2.27. The molecule has 2 aromatic rings. The number of rotatable bonds is 3. The van der Waals surface area contributed by atoms with Crippen LogP contribution >= 0.6 is 23.2 Å². The van der Waals surface area contributed by atoms with E-state index in [1.165, 1.54) is 18.2 Å². The third-order valence-electron chi connectivity index (χ3n) is 2.36. The second kappa shape index (κ2) is 5.55. The first-order valence-electron chi connectivity index (χ1n) is 5.23. The van der Waals surface area contributed by atoms with E-state index in [0.29, 0.717) is 0 Å². The molecule has 1 N–H and O–H groups in total. The van der Waals surface area contributed by atoms with Crippen molar-refractivity contribution in [2.75, 3.05) is 4.72 Å². The van der Waals surface area contributed by atoms with Crippen molar-refractivity contribution in [1.82, 2.24) is 0 Å². The summed E-state index contributed by atoms with van der Waals surface area (Å²) in [4.78, 5) is -1.05. The van der Waals surface area contributed by atoms with Crippen LogP contribution in [0.15, 0.2) is 41.3 Å². The number of hydrogen-bond donors (Lipinski definition) is 1. The summed E-state index contributed by atoms with van der Waals surface area (Å²) in [6.45, 7) is 0. The third-order valence-corrected chi connectivity index (χ3v) is 4.53. The quantitative estimate of drug-likeness (QED) is 0.917. The van der Waals surface area contributed by atoms with Crippen LogP contribution in [0.25, 0.3) is 0 Å². The van der Waals surface area contributed by atoms with Gasteiger partial charge in [-0.15, -0.1) is 0 Å². The molecule has 20 heavy (non-hydrogen) atoms. The number of benzene rings is 2. The molecular formula is C12H7Cl2F2NO2S. The highest BCUT2D eigenvalue weighted by Gasteiger charge is 2.23. The van der Waals surface area contributed by atoms with Crippen molar-refractivity contribution in [3.8, 4) is 0 Å². The van der Waals surface area contributed by atoms with E-state index in [9.17, 15) is 17.2 Å². The predicted molar refractivity (Wildman–Crippen MR) is 73.6 cm³/mol. The highest BCUT2D eigenvalue weighted by atomic mass is 35.5. The van der Waals surface area contributed by atoms with E-state index >= 15 is 0 Å². The van der Waals surface area contributed by atoms with Crippen LogP contribution in [0.4, 0.5) is 14.5 Å². The van der Waals surface area contributed by atoms with Crippen molar-refractivity contribution in [3.63, 3.8) is 0 Å². The molecule has 2 rings (SSSR count). The fraction of sp³-hybridized carbons (Fsp3) is 0. The summed E-state index contributed by atoms with van der Waals surface area (Å²) in [5.41, 5.74) is 0.0436. The molecular weight excluding hydrogens is 331 g/mol. The fourth-order valence-corrected chi connectivity index (χ4v) is 2.99. The van der Waals surface area contributed by atoms with Gasteiger partial charge in [0.25, 0.3) is 10.0 Å². The van der Waals surface area contributed by atoms with E-state index in [-0.39, 0.29) is 15.7 Å². The van der Waals surface area contributed by atoms with Gasteiger partial charge in [0.2, 0.25) is 0 Å². The minimum absolute atomic E-state index is 0.0436. The van der Waals surface area contributed by atoms with Crippen molar-refractivity contribution >= 4 is 38.9 Å². The minimum atomic E-state index is -4.41. The molecule has 0 saturated carbocycles. The molecule has 0 unspecified atom stereocenters.